The Kier molecular flexibility index (Phi) is 6.92. The van der Waals surface area contributed by atoms with Crippen molar-refractivity contribution in [1.29, 1.82) is 0 Å². The molecule has 0 unspecified atom stereocenters. The maximum Gasteiger partial charge on any atom is 0.241 e. The Labute approximate surface area is 182 Å². The molecule has 1 atom stereocenters. The van der Waals surface area contributed by atoms with Crippen molar-refractivity contribution in [3.8, 4) is 0 Å². The minimum absolute atomic E-state index is 0.0684. The maximum atomic E-state index is 12.9. The lowest BCUT2D eigenvalue weighted by Gasteiger charge is -2.19. The van der Waals surface area contributed by atoms with Crippen molar-refractivity contribution in [2.75, 3.05) is 5.32 Å². The van der Waals surface area contributed by atoms with E-state index in [1.807, 2.05) is 38.1 Å². The van der Waals surface area contributed by atoms with E-state index in [0.29, 0.717) is 16.3 Å². The van der Waals surface area contributed by atoms with E-state index in [0.717, 1.165) is 11.1 Å². The fourth-order valence-corrected chi connectivity index (χ4v) is 4.40. The van der Waals surface area contributed by atoms with Gasteiger partial charge in [0.1, 0.15) is 0 Å². The third-order valence-corrected chi connectivity index (χ3v) is 6.42. The molecule has 0 saturated heterocycles. The van der Waals surface area contributed by atoms with Crippen LogP contribution in [0, 0.1) is 13.8 Å². The number of aryl methyl sites for hydroxylation is 2. The number of anilines is 1. The molecule has 3 aromatic rings. The van der Waals surface area contributed by atoms with Crippen molar-refractivity contribution in [3.05, 3.63) is 94.5 Å². The zero-order valence-electron chi connectivity index (χ0n) is 16.7. The average Bonchev–Trinajstić information content (AvgIpc) is 2.71. The summed E-state index contributed by atoms with van der Waals surface area (Å²) in [5, 5.41) is 3.34. The largest absolute Gasteiger partial charge is 0.326 e. The molecule has 0 aromatic heterocycles. The number of benzene rings is 3. The molecule has 0 aliphatic heterocycles. The normalized spacial score (nSPS) is 12.4. The first kappa shape index (κ1) is 22.0. The molecule has 0 fully saturated rings. The van der Waals surface area contributed by atoms with Crippen molar-refractivity contribution < 1.29 is 13.2 Å². The molecule has 3 aromatic carbocycles. The van der Waals surface area contributed by atoms with Crippen LogP contribution in [0.15, 0.2) is 77.7 Å². The average molecular weight is 443 g/mol. The Balaban J connectivity index is 1.83. The minimum Gasteiger partial charge on any atom is -0.326 e. The van der Waals surface area contributed by atoms with E-state index < -0.39 is 16.1 Å². The SMILES string of the molecule is Cc1ccc(S(=O)(=O)N[C@@H](CC(=O)Nc2cc(Cl)ccc2C)c2ccccc2)cc1. The zero-order chi connectivity index (χ0) is 21.7. The Morgan fingerprint density at radius 1 is 0.967 bits per heavy atom. The lowest BCUT2D eigenvalue weighted by atomic mass is 10.0. The molecule has 5 nitrogen and oxygen atoms in total. The second-order valence-electron chi connectivity index (χ2n) is 7.11. The molecule has 3 rings (SSSR count). The Hall–Kier alpha value is -2.67. The number of carbonyl (C=O) groups excluding carboxylic acids is 1. The topological polar surface area (TPSA) is 75.3 Å². The molecular weight excluding hydrogens is 420 g/mol. The highest BCUT2D eigenvalue weighted by Gasteiger charge is 2.24. The van der Waals surface area contributed by atoms with Crippen molar-refractivity contribution in [1.82, 2.24) is 4.72 Å². The number of carbonyl (C=O) groups is 1. The summed E-state index contributed by atoms with van der Waals surface area (Å²) < 4.78 is 28.5. The number of amides is 1. The molecule has 2 N–H and O–H groups in total. The number of rotatable bonds is 7. The Morgan fingerprint density at radius 2 is 1.63 bits per heavy atom. The number of sulfonamides is 1. The van der Waals surface area contributed by atoms with Gasteiger partial charge in [-0.25, -0.2) is 13.1 Å². The number of halogens is 1. The van der Waals surface area contributed by atoms with E-state index in [-0.39, 0.29) is 17.2 Å². The van der Waals surface area contributed by atoms with Crippen LogP contribution in [0.2, 0.25) is 5.02 Å². The summed E-state index contributed by atoms with van der Waals surface area (Å²) in [6.07, 6.45) is -0.0684. The predicted octanol–water partition coefficient (Wildman–Crippen LogP) is 5.01. The first-order valence-electron chi connectivity index (χ1n) is 9.44. The van der Waals surface area contributed by atoms with Crippen LogP contribution in [0.4, 0.5) is 5.69 Å². The van der Waals surface area contributed by atoms with Gasteiger partial charge in [0.15, 0.2) is 0 Å². The monoisotopic (exact) mass is 442 g/mol. The summed E-state index contributed by atoms with van der Waals surface area (Å²) in [4.78, 5) is 12.9. The number of nitrogens with one attached hydrogen (secondary N) is 2. The van der Waals surface area contributed by atoms with Gasteiger partial charge in [-0.3, -0.25) is 4.79 Å². The summed E-state index contributed by atoms with van der Waals surface area (Å²) >= 11 is 6.02. The molecule has 0 spiro atoms. The molecule has 0 radical (unpaired) electrons. The van der Waals surface area contributed by atoms with E-state index in [1.165, 1.54) is 0 Å². The quantitative estimate of drug-likeness (QED) is 0.540. The molecule has 0 aliphatic carbocycles. The third-order valence-electron chi connectivity index (χ3n) is 4.69. The summed E-state index contributed by atoms with van der Waals surface area (Å²) in [7, 11) is -3.81. The van der Waals surface area contributed by atoms with Crippen LogP contribution in [0.5, 0.6) is 0 Å². The summed E-state index contributed by atoms with van der Waals surface area (Å²) in [6, 6.07) is 20.1. The highest BCUT2D eigenvalue weighted by atomic mass is 35.5. The fraction of sp³-hybridized carbons (Fsp3) is 0.174. The van der Waals surface area contributed by atoms with Gasteiger partial charge in [0.25, 0.3) is 0 Å². The maximum absolute atomic E-state index is 12.9. The lowest BCUT2D eigenvalue weighted by Crippen LogP contribution is -2.31. The van der Waals surface area contributed by atoms with Crippen LogP contribution in [-0.4, -0.2) is 14.3 Å². The first-order chi connectivity index (χ1) is 14.2. The van der Waals surface area contributed by atoms with Crippen LogP contribution in [0.25, 0.3) is 0 Å². The highest BCUT2D eigenvalue weighted by Crippen LogP contribution is 2.24. The summed E-state index contributed by atoms with van der Waals surface area (Å²) in [6.45, 7) is 3.75. The van der Waals surface area contributed by atoms with Gasteiger partial charge in [0, 0.05) is 17.1 Å². The van der Waals surface area contributed by atoms with Crippen molar-refractivity contribution in [3.63, 3.8) is 0 Å². The molecule has 7 heteroatoms. The van der Waals surface area contributed by atoms with Crippen LogP contribution in [0.1, 0.15) is 29.2 Å². The van der Waals surface area contributed by atoms with E-state index in [2.05, 4.69) is 10.0 Å². The van der Waals surface area contributed by atoms with E-state index in [9.17, 15) is 13.2 Å². The predicted molar refractivity (Wildman–Crippen MR) is 120 cm³/mol. The summed E-state index contributed by atoms with van der Waals surface area (Å²) in [5.74, 6) is -0.319. The molecular formula is C23H23ClN2O3S. The van der Waals surface area contributed by atoms with Gasteiger partial charge >= 0.3 is 0 Å². The van der Waals surface area contributed by atoms with Crippen molar-refractivity contribution in [2.45, 2.75) is 31.2 Å². The molecule has 30 heavy (non-hydrogen) atoms. The molecule has 0 bridgehead atoms. The second kappa shape index (κ2) is 9.43. The first-order valence-corrected chi connectivity index (χ1v) is 11.3. The van der Waals surface area contributed by atoms with Gasteiger partial charge in [-0.2, -0.15) is 0 Å². The van der Waals surface area contributed by atoms with Gasteiger partial charge in [0.05, 0.1) is 10.9 Å². The molecule has 0 saturated carbocycles. The van der Waals surface area contributed by atoms with Crippen molar-refractivity contribution in [2.24, 2.45) is 0 Å². The minimum atomic E-state index is -3.81. The number of hydrogen-bond acceptors (Lipinski definition) is 3. The third kappa shape index (κ3) is 5.69. The molecule has 1 amide bonds. The summed E-state index contributed by atoms with van der Waals surface area (Å²) in [5.41, 5.74) is 3.13. The van der Waals surface area contributed by atoms with Gasteiger partial charge in [-0.1, -0.05) is 65.7 Å². The second-order valence-corrected chi connectivity index (χ2v) is 9.26. The van der Waals surface area contributed by atoms with Gasteiger partial charge in [-0.15, -0.1) is 0 Å². The fourth-order valence-electron chi connectivity index (χ4n) is 3.00. The van der Waals surface area contributed by atoms with Gasteiger partial charge < -0.3 is 5.32 Å². The molecule has 0 aliphatic rings. The van der Waals surface area contributed by atoms with E-state index in [4.69, 9.17) is 11.6 Å². The zero-order valence-corrected chi connectivity index (χ0v) is 18.3. The van der Waals surface area contributed by atoms with Crippen LogP contribution in [0.3, 0.4) is 0 Å². The van der Waals surface area contributed by atoms with E-state index >= 15 is 0 Å². The lowest BCUT2D eigenvalue weighted by molar-refractivity contribution is -0.116. The standard InChI is InChI=1S/C23H23ClN2O3S/c1-16-8-12-20(13-9-16)30(28,29)26-22(18-6-4-3-5-7-18)15-23(27)25-21-14-19(24)11-10-17(21)2/h3-14,22,26H,15H2,1-2H3,(H,25,27)/t22-/m0/s1. The Bertz CT molecular complexity index is 1130. The van der Waals surface area contributed by atoms with Crippen molar-refractivity contribution >= 4 is 33.2 Å². The molecule has 0 heterocycles. The van der Waals surface area contributed by atoms with Crippen LogP contribution in [-0.2, 0) is 14.8 Å². The van der Waals surface area contributed by atoms with E-state index in [1.54, 1.807) is 48.5 Å². The van der Waals surface area contributed by atoms with Gasteiger partial charge in [0.2, 0.25) is 15.9 Å². The number of hydrogen-bond donors (Lipinski definition) is 2. The van der Waals surface area contributed by atoms with Crippen LogP contribution >= 0.6 is 11.6 Å². The smallest absolute Gasteiger partial charge is 0.241 e. The molecule has 156 valence electrons. The highest BCUT2D eigenvalue weighted by molar-refractivity contribution is 7.89. The van der Waals surface area contributed by atoms with Crippen LogP contribution < -0.4 is 10.0 Å². The Morgan fingerprint density at radius 3 is 2.30 bits per heavy atom. The van der Waals surface area contributed by atoms with Gasteiger partial charge in [-0.05, 0) is 49.2 Å².